The highest BCUT2D eigenvalue weighted by atomic mass is 35.5. The zero-order chi connectivity index (χ0) is 28.5. The van der Waals surface area contributed by atoms with Gasteiger partial charge in [0.15, 0.2) is 5.78 Å². The molecule has 2 aliphatic rings. The first kappa shape index (κ1) is 26.8. The highest BCUT2D eigenvalue weighted by molar-refractivity contribution is 6.33. The number of rotatable bonds is 7. The van der Waals surface area contributed by atoms with Gasteiger partial charge in [-0.05, 0) is 47.2 Å². The van der Waals surface area contributed by atoms with E-state index in [1.165, 1.54) is 28.8 Å². The van der Waals surface area contributed by atoms with Crippen LogP contribution in [0, 0.1) is 0 Å². The van der Waals surface area contributed by atoms with Gasteiger partial charge in [0.05, 0.1) is 10.0 Å². The number of Topliss-reactive ketones (excluding diaryl/α,β-unsaturated/α-hetero) is 1. The first-order chi connectivity index (χ1) is 19.9. The molecule has 0 bridgehead atoms. The van der Waals surface area contributed by atoms with E-state index >= 15 is 0 Å². The average Bonchev–Trinajstić information content (AvgIpc) is 2.98. The van der Waals surface area contributed by atoms with Gasteiger partial charge in [-0.15, -0.1) is 0 Å². The summed E-state index contributed by atoms with van der Waals surface area (Å²) in [5.74, 6) is 0.273. The molecule has 6 rings (SSSR count). The van der Waals surface area contributed by atoms with Gasteiger partial charge in [0.1, 0.15) is 17.1 Å². The first-order valence-electron chi connectivity index (χ1n) is 13.2. The lowest BCUT2D eigenvalue weighted by Gasteiger charge is -2.16. The summed E-state index contributed by atoms with van der Waals surface area (Å²) < 4.78 is 5.93. The van der Waals surface area contributed by atoms with Crippen molar-refractivity contribution in [2.45, 2.75) is 19.3 Å². The molecule has 1 aliphatic carbocycles. The number of aromatic hydroxyl groups is 1. The molecule has 4 nitrogen and oxygen atoms in total. The molecule has 1 aliphatic heterocycles. The van der Waals surface area contributed by atoms with Crippen molar-refractivity contribution in [1.82, 2.24) is 0 Å². The Labute approximate surface area is 246 Å². The lowest BCUT2D eigenvalue weighted by Crippen LogP contribution is -2.03. The number of fused-ring (bicyclic) bond motifs is 2. The van der Waals surface area contributed by atoms with E-state index in [0.717, 1.165) is 24.0 Å². The molecule has 4 aromatic rings. The Morgan fingerprint density at radius 2 is 1.49 bits per heavy atom. The number of phenols is 1. The number of carbonyl (C=O) groups is 1. The van der Waals surface area contributed by atoms with Gasteiger partial charge in [0.25, 0.3) is 0 Å². The molecular formula is C35H24Cl2O4. The lowest BCUT2D eigenvalue weighted by molar-refractivity contribution is 0.0980. The van der Waals surface area contributed by atoms with Crippen LogP contribution in [0.25, 0.3) is 44.5 Å². The Balaban J connectivity index is 1.27. The second kappa shape index (κ2) is 11.2. The maximum Gasteiger partial charge on any atom is 0.200 e. The van der Waals surface area contributed by atoms with Crippen molar-refractivity contribution in [3.63, 3.8) is 0 Å². The smallest absolute Gasteiger partial charge is 0.200 e. The summed E-state index contributed by atoms with van der Waals surface area (Å²) >= 11 is 12.4. The Hall–Kier alpha value is -4.38. The lowest BCUT2D eigenvalue weighted by atomic mass is 9.92. The Kier molecular flexibility index (Phi) is 7.36. The monoisotopic (exact) mass is 578 g/mol. The summed E-state index contributed by atoms with van der Waals surface area (Å²) in [7, 11) is 0. The fourth-order valence-corrected chi connectivity index (χ4v) is 5.58. The Morgan fingerprint density at radius 1 is 0.756 bits per heavy atom. The van der Waals surface area contributed by atoms with Gasteiger partial charge >= 0.3 is 0 Å². The quantitative estimate of drug-likeness (QED) is 0.151. The molecule has 0 saturated heterocycles. The standard InChI is InChI=1S/C35H24Cl2O4/c36-28-17-26-33(19-31(28)39)41-34-20-32(40)29(37)18-27(34)35(26)24-15-13-23(14-16-24)30(38)12-6-10-22-9-4-5-11-25(22)21-7-2-1-3-8-21/h1-5,7-9,11,13-20,39H,6,10,12H2. The molecule has 0 unspecified atom stereocenters. The molecule has 4 aromatic carbocycles. The molecular weight excluding hydrogens is 555 g/mol. The SMILES string of the molecule is O=C(CCCc1ccccc1-c1ccccc1)c1ccc(-c2c3cc(Cl)c(=O)cc-3oc3cc(O)c(Cl)cc23)cc1. The fourth-order valence-electron chi connectivity index (χ4n) is 5.26. The van der Waals surface area contributed by atoms with Crippen molar-refractivity contribution in [1.29, 1.82) is 0 Å². The fraction of sp³-hybridized carbons (Fsp3) is 0.0857. The summed E-state index contributed by atoms with van der Waals surface area (Å²) in [6.07, 6.45) is 1.96. The summed E-state index contributed by atoms with van der Waals surface area (Å²) in [4.78, 5) is 25.3. The maximum absolute atomic E-state index is 13.1. The van der Waals surface area contributed by atoms with Gasteiger partial charge in [-0.1, -0.05) is 102 Å². The number of benzene rings is 5. The Bertz CT molecular complexity index is 1930. The zero-order valence-electron chi connectivity index (χ0n) is 21.9. The Morgan fingerprint density at radius 3 is 2.27 bits per heavy atom. The van der Waals surface area contributed by atoms with E-state index in [2.05, 4.69) is 24.3 Å². The third-order valence-corrected chi connectivity index (χ3v) is 7.89. The summed E-state index contributed by atoms with van der Waals surface area (Å²) in [5, 5.41) is 11.0. The van der Waals surface area contributed by atoms with Crippen LogP contribution < -0.4 is 5.43 Å². The molecule has 1 heterocycles. The number of halogens is 2. The normalized spacial score (nSPS) is 11.3. The molecule has 6 heteroatoms. The number of aryl methyl sites for hydroxylation is 1. The van der Waals surface area contributed by atoms with E-state index < -0.39 is 0 Å². The molecule has 41 heavy (non-hydrogen) atoms. The van der Waals surface area contributed by atoms with Gasteiger partial charge in [-0.25, -0.2) is 0 Å². The van der Waals surface area contributed by atoms with Crippen LogP contribution in [-0.2, 0) is 6.42 Å². The zero-order valence-corrected chi connectivity index (χ0v) is 23.4. The highest BCUT2D eigenvalue weighted by Crippen LogP contribution is 2.43. The van der Waals surface area contributed by atoms with E-state index in [9.17, 15) is 14.7 Å². The predicted octanol–water partition coefficient (Wildman–Crippen LogP) is 9.45. The van der Waals surface area contributed by atoms with E-state index in [1.807, 2.05) is 54.6 Å². The molecule has 202 valence electrons. The number of hydrogen-bond acceptors (Lipinski definition) is 4. The van der Waals surface area contributed by atoms with Crippen LogP contribution in [0.15, 0.2) is 112 Å². The van der Waals surface area contributed by atoms with E-state index in [4.69, 9.17) is 27.6 Å². The second-order valence-corrected chi connectivity index (χ2v) is 10.7. The third kappa shape index (κ3) is 5.37. The number of phenolic OH excluding ortho intramolecular Hbond substituents is 1. The summed E-state index contributed by atoms with van der Waals surface area (Å²) in [5.41, 5.74) is 6.36. The van der Waals surface area contributed by atoms with E-state index in [0.29, 0.717) is 34.3 Å². The van der Waals surface area contributed by atoms with Gasteiger partial charge < -0.3 is 9.52 Å². The second-order valence-electron chi connectivity index (χ2n) is 9.93. The highest BCUT2D eigenvalue weighted by Gasteiger charge is 2.20. The third-order valence-electron chi connectivity index (χ3n) is 7.29. The van der Waals surface area contributed by atoms with Gasteiger partial charge in [0, 0.05) is 40.6 Å². The molecule has 0 radical (unpaired) electrons. The van der Waals surface area contributed by atoms with Crippen LogP contribution in [0.2, 0.25) is 10.0 Å². The predicted molar refractivity (Wildman–Crippen MR) is 165 cm³/mol. The number of ketones is 1. The van der Waals surface area contributed by atoms with Gasteiger partial charge in [-0.2, -0.15) is 0 Å². The number of carbonyl (C=O) groups excluding carboxylic acids is 1. The van der Waals surface area contributed by atoms with Crippen molar-refractivity contribution in [2.24, 2.45) is 0 Å². The van der Waals surface area contributed by atoms with E-state index in [1.54, 1.807) is 12.1 Å². The summed E-state index contributed by atoms with van der Waals surface area (Å²) in [6, 6.07) is 31.9. The van der Waals surface area contributed by atoms with Gasteiger partial charge in [0.2, 0.25) is 5.43 Å². The molecule has 0 amide bonds. The van der Waals surface area contributed by atoms with Crippen LogP contribution >= 0.6 is 23.2 Å². The molecule has 0 fully saturated rings. The minimum atomic E-state index is -0.362. The topological polar surface area (TPSA) is 67.5 Å². The van der Waals surface area contributed by atoms with Crippen molar-refractivity contribution >= 4 is 40.0 Å². The van der Waals surface area contributed by atoms with Crippen LogP contribution in [0.1, 0.15) is 28.8 Å². The van der Waals surface area contributed by atoms with Crippen LogP contribution in [0.5, 0.6) is 5.75 Å². The van der Waals surface area contributed by atoms with Gasteiger partial charge in [-0.3, -0.25) is 9.59 Å². The number of hydrogen-bond donors (Lipinski definition) is 1. The average molecular weight is 579 g/mol. The molecule has 0 spiro atoms. The van der Waals surface area contributed by atoms with Crippen LogP contribution in [0.4, 0.5) is 0 Å². The van der Waals surface area contributed by atoms with Crippen molar-refractivity contribution in [2.75, 3.05) is 0 Å². The molecule has 0 atom stereocenters. The van der Waals surface area contributed by atoms with E-state index in [-0.39, 0.29) is 27.0 Å². The van der Waals surface area contributed by atoms with Crippen molar-refractivity contribution < 1.29 is 14.3 Å². The van der Waals surface area contributed by atoms with Crippen molar-refractivity contribution in [3.8, 4) is 39.3 Å². The molecule has 0 saturated carbocycles. The molecule has 1 N–H and O–H groups in total. The molecule has 0 aromatic heterocycles. The maximum atomic E-state index is 13.1. The largest absolute Gasteiger partial charge is 0.506 e. The van der Waals surface area contributed by atoms with Crippen LogP contribution in [0.3, 0.4) is 0 Å². The minimum Gasteiger partial charge on any atom is -0.506 e. The summed E-state index contributed by atoms with van der Waals surface area (Å²) in [6.45, 7) is 0. The van der Waals surface area contributed by atoms with Crippen molar-refractivity contribution in [3.05, 3.63) is 135 Å². The van der Waals surface area contributed by atoms with Crippen LogP contribution in [-0.4, -0.2) is 10.9 Å². The first-order valence-corrected chi connectivity index (χ1v) is 14.0. The minimum absolute atomic E-state index is 0.0681.